The van der Waals surface area contributed by atoms with Gasteiger partial charge in [0.05, 0.1) is 11.3 Å². The van der Waals surface area contributed by atoms with Gasteiger partial charge < -0.3 is 4.98 Å². The van der Waals surface area contributed by atoms with E-state index >= 15 is 0 Å². The Kier molecular flexibility index (Phi) is 4.12. The molecular weight excluding hydrogens is 328 g/mol. The molecule has 24 heavy (non-hydrogen) atoms. The fourth-order valence-electron chi connectivity index (χ4n) is 2.71. The zero-order chi connectivity index (χ0) is 17.5. The minimum absolute atomic E-state index is 0.177. The summed E-state index contributed by atoms with van der Waals surface area (Å²) >= 11 is 0. The highest BCUT2D eigenvalue weighted by atomic mass is 19.4. The van der Waals surface area contributed by atoms with Gasteiger partial charge >= 0.3 is 6.18 Å². The Balaban J connectivity index is 1.82. The van der Waals surface area contributed by atoms with Crippen LogP contribution in [-0.2, 0) is 25.7 Å². The monoisotopic (exact) mass is 342 g/mol. The largest absolute Gasteiger partial charge is 0.449 e. The van der Waals surface area contributed by atoms with E-state index in [1.807, 2.05) is 4.90 Å². The standard InChI is InChI=1S/C15H14F4N4O/c1-8-4-9(5-20-12(8)16)6-23-3-2-11-10(7-23)13(24)22-14(21-11)15(17,18)19/h4-5H,2-3,6-7H2,1H3,(H,21,22,24). The van der Waals surface area contributed by atoms with E-state index in [1.165, 1.54) is 6.20 Å². The van der Waals surface area contributed by atoms with Crippen molar-refractivity contribution in [2.75, 3.05) is 6.54 Å². The van der Waals surface area contributed by atoms with Crippen LogP contribution in [0.1, 0.15) is 28.2 Å². The molecule has 0 unspecified atom stereocenters. The lowest BCUT2D eigenvalue weighted by Gasteiger charge is -2.27. The van der Waals surface area contributed by atoms with Crippen molar-refractivity contribution >= 4 is 0 Å². The van der Waals surface area contributed by atoms with E-state index in [9.17, 15) is 22.4 Å². The van der Waals surface area contributed by atoms with Crippen molar-refractivity contribution in [3.63, 3.8) is 0 Å². The molecule has 5 nitrogen and oxygen atoms in total. The number of rotatable bonds is 2. The van der Waals surface area contributed by atoms with E-state index in [0.29, 0.717) is 18.7 Å². The van der Waals surface area contributed by atoms with Gasteiger partial charge in [-0.1, -0.05) is 0 Å². The number of hydrogen-bond donors (Lipinski definition) is 1. The zero-order valence-electron chi connectivity index (χ0n) is 12.7. The van der Waals surface area contributed by atoms with Crippen molar-refractivity contribution in [1.82, 2.24) is 19.9 Å². The first-order valence-electron chi connectivity index (χ1n) is 7.26. The molecule has 9 heteroatoms. The molecule has 0 fully saturated rings. The molecule has 0 saturated heterocycles. The van der Waals surface area contributed by atoms with E-state index in [1.54, 1.807) is 18.0 Å². The zero-order valence-corrected chi connectivity index (χ0v) is 12.7. The van der Waals surface area contributed by atoms with Crippen LogP contribution < -0.4 is 5.56 Å². The number of nitrogens with one attached hydrogen (secondary N) is 1. The maximum atomic E-state index is 13.2. The third-order valence-corrected chi connectivity index (χ3v) is 3.89. The molecule has 0 saturated carbocycles. The Morgan fingerprint density at radius 2 is 2.12 bits per heavy atom. The van der Waals surface area contributed by atoms with Gasteiger partial charge in [-0.15, -0.1) is 0 Å². The van der Waals surface area contributed by atoms with E-state index in [2.05, 4.69) is 9.97 Å². The fourth-order valence-corrected chi connectivity index (χ4v) is 2.71. The second-order valence-corrected chi connectivity index (χ2v) is 5.75. The highest BCUT2D eigenvalue weighted by Crippen LogP contribution is 2.26. The third-order valence-electron chi connectivity index (χ3n) is 3.89. The first-order chi connectivity index (χ1) is 11.2. The van der Waals surface area contributed by atoms with Gasteiger partial charge in [0.2, 0.25) is 11.8 Å². The predicted octanol–water partition coefficient (Wildman–Crippen LogP) is 2.19. The van der Waals surface area contributed by atoms with Crippen LogP contribution in [-0.4, -0.2) is 26.4 Å². The van der Waals surface area contributed by atoms with Crippen LogP contribution in [0.2, 0.25) is 0 Å². The highest BCUT2D eigenvalue weighted by Gasteiger charge is 2.35. The maximum absolute atomic E-state index is 13.2. The first kappa shape index (κ1) is 16.6. The van der Waals surface area contributed by atoms with E-state index in [-0.39, 0.29) is 24.2 Å². The van der Waals surface area contributed by atoms with Gasteiger partial charge in [0.15, 0.2) is 0 Å². The second-order valence-electron chi connectivity index (χ2n) is 5.75. The van der Waals surface area contributed by atoms with Crippen LogP contribution in [0.25, 0.3) is 0 Å². The third kappa shape index (κ3) is 3.30. The summed E-state index contributed by atoms with van der Waals surface area (Å²) in [5.41, 5.74) is 0.829. The topological polar surface area (TPSA) is 61.9 Å². The molecular formula is C15H14F4N4O. The molecule has 0 amide bonds. The van der Waals surface area contributed by atoms with Crippen molar-refractivity contribution in [1.29, 1.82) is 0 Å². The number of aryl methyl sites for hydroxylation is 1. The van der Waals surface area contributed by atoms with Gasteiger partial charge in [0.1, 0.15) is 0 Å². The van der Waals surface area contributed by atoms with Crippen LogP contribution in [0.15, 0.2) is 17.1 Å². The van der Waals surface area contributed by atoms with Gasteiger partial charge in [-0.25, -0.2) is 9.97 Å². The molecule has 0 bridgehead atoms. The normalized spacial score (nSPS) is 15.4. The molecule has 0 atom stereocenters. The van der Waals surface area contributed by atoms with Crippen LogP contribution in [0.3, 0.4) is 0 Å². The lowest BCUT2D eigenvalue weighted by molar-refractivity contribution is -0.145. The maximum Gasteiger partial charge on any atom is 0.449 e. The molecule has 3 heterocycles. The van der Waals surface area contributed by atoms with Crippen molar-refractivity contribution in [2.45, 2.75) is 32.6 Å². The van der Waals surface area contributed by atoms with E-state index < -0.39 is 23.5 Å². The molecule has 1 aliphatic rings. The van der Waals surface area contributed by atoms with Crippen LogP contribution in [0, 0.1) is 12.9 Å². The van der Waals surface area contributed by atoms with Gasteiger partial charge in [-0.2, -0.15) is 17.6 Å². The average molecular weight is 342 g/mol. The number of hydrogen-bond acceptors (Lipinski definition) is 4. The molecule has 0 aromatic carbocycles. The van der Waals surface area contributed by atoms with Crippen LogP contribution >= 0.6 is 0 Å². The summed E-state index contributed by atoms with van der Waals surface area (Å²) in [6.45, 7) is 2.67. The smallest absolute Gasteiger partial charge is 0.303 e. The summed E-state index contributed by atoms with van der Waals surface area (Å²) in [4.78, 5) is 22.8. The lowest BCUT2D eigenvalue weighted by Crippen LogP contribution is -2.36. The molecule has 3 rings (SSSR count). The number of aromatic amines is 1. The van der Waals surface area contributed by atoms with Crippen LogP contribution in [0.4, 0.5) is 17.6 Å². The number of halogens is 4. The molecule has 0 radical (unpaired) electrons. The Labute approximate surface area is 134 Å². The summed E-state index contributed by atoms with van der Waals surface area (Å²) in [6, 6.07) is 1.66. The SMILES string of the molecule is Cc1cc(CN2CCc3nc(C(F)(F)F)[nH]c(=O)c3C2)cnc1F. The molecule has 2 aromatic heterocycles. The number of alkyl halides is 3. The van der Waals surface area contributed by atoms with E-state index in [0.717, 1.165) is 5.56 Å². The average Bonchev–Trinajstić information content (AvgIpc) is 2.50. The van der Waals surface area contributed by atoms with Gasteiger partial charge in [0, 0.05) is 37.8 Å². The summed E-state index contributed by atoms with van der Waals surface area (Å²) in [5.74, 6) is -1.80. The molecule has 128 valence electrons. The molecule has 0 spiro atoms. The minimum atomic E-state index is -4.68. The number of H-pyrrole nitrogens is 1. The minimum Gasteiger partial charge on any atom is -0.303 e. The van der Waals surface area contributed by atoms with E-state index in [4.69, 9.17) is 0 Å². The molecule has 2 aromatic rings. The van der Waals surface area contributed by atoms with Gasteiger partial charge in [-0.05, 0) is 18.6 Å². The Bertz CT molecular complexity index is 831. The Morgan fingerprint density at radius 3 is 2.79 bits per heavy atom. The lowest BCUT2D eigenvalue weighted by atomic mass is 10.1. The van der Waals surface area contributed by atoms with Gasteiger partial charge in [0.25, 0.3) is 5.56 Å². The van der Waals surface area contributed by atoms with Crippen molar-refractivity contribution in [3.05, 3.63) is 56.8 Å². The summed E-state index contributed by atoms with van der Waals surface area (Å²) in [6.07, 6.45) is -3.02. The second kappa shape index (κ2) is 5.97. The summed E-state index contributed by atoms with van der Waals surface area (Å²) in [7, 11) is 0. The van der Waals surface area contributed by atoms with Crippen LogP contribution in [0.5, 0.6) is 0 Å². The number of nitrogens with zero attached hydrogens (tertiary/aromatic N) is 3. The molecule has 1 N–H and O–H groups in total. The van der Waals surface area contributed by atoms with Crippen molar-refractivity contribution in [2.24, 2.45) is 0 Å². The molecule has 0 aliphatic carbocycles. The Morgan fingerprint density at radius 1 is 1.38 bits per heavy atom. The van der Waals surface area contributed by atoms with Gasteiger partial charge in [-0.3, -0.25) is 9.69 Å². The summed E-state index contributed by atoms with van der Waals surface area (Å²) < 4.78 is 51.3. The number of fused-ring (bicyclic) bond motifs is 1. The van der Waals surface area contributed by atoms with Crippen molar-refractivity contribution < 1.29 is 17.6 Å². The number of aromatic nitrogens is 3. The Hall–Kier alpha value is -2.29. The quantitative estimate of drug-likeness (QED) is 0.671. The predicted molar refractivity (Wildman–Crippen MR) is 76.6 cm³/mol. The molecule has 1 aliphatic heterocycles. The van der Waals surface area contributed by atoms with Crippen molar-refractivity contribution in [3.8, 4) is 0 Å². The number of pyridine rings is 1. The fraction of sp³-hybridized carbons (Fsp3) is 0.400. The highest BCUT2D eigenvalue weighted by molar-refractivity contribution is 5.23. The summed E-state index contributed by atoms with van der Waals surface area (Å²) in [5, 5.41) is 0. The first-order valence-corrected chi connectivity index (χ1v) is 7.26.